The van der Waals surface area contributed by atoms with Crippen molar-refractivity contribution in [3.8, 4) is 0 Å². The molecule has 0 N–H and O–H groups in total. The highest BCUT2D eigenvalue weighted by atomic mass is 16.2. The van der Waals surface area contributed by atoms with E-state index in [1.165, 1.54) is 12.8 Å². The topological polar surface area (TPSA) is 67.2 Å². The second-order valence-corrected chi connectivity index (χ2v) is 6.80. The average Bonchev–Trinajstić information content (AvgIpc) is 3.04. The molecule has 2 aromatic heterocycles. The summed E-state index contributed by atoms with van der Waals surface area (Å²) in [6, 6.07) is 3.71. The van der Waals surface area contributed by atoms with Crippen LogP contribution in [0.3, 0.4) is 0 Å². The fourth-order valence-corrected chi connectivity index (χ4v) is 3.29. The summed E-state index contributed by atoms with van der Waals surface area (Å²) in [5.74, 6) is 1.56. The average molecular weight is 342 g/mol. The Labute approximate surface area is 148 Å². The molecule has 1 atom stereocenters. The summed E-state index contributed by atoms with van der Waals surface area (Å²) in [5, 5.41) is 8.01. The van der Waals surface area contributed by atoms with Gasteiger partial charge in [-0.05, 0) is 37.8 Å². The summed E-state index contributed by atoms with van der Waals surface area (Å²) in [6.45, 7) is 7.33. The molecule has 7 nitrogen and oxygen atoms in total. The van der Waals surface area contributed by atoms with Crippen LogP contribution in [0.1, 0.15) is 42.7 Å². The molecular formula is C18H26N6O. The SMILES string of the molecule is CCN(Cc1cn(C)nn1)C(=O)c1ccnc(N2CCCC(C)C2)c1. The van der Waals surface area contributed by atoms with Crippen LogP contribution in [0.5, 0.6) is 0 Å². The number of rotatable bonds is 5. The minimum absolute atomic E-state index is 0.00172. The molecule has 0 aromatic carbocycles. The molecule has 0 saturated carbocycles. The number of carbonyl (C=O) groups excluding carboxylic acids is 1. The molecule has 1 unspecified atom stereocenters. The third-order valence-corrected chi connectivity index (χ3v) is 4.65. The Morgan fingerprint density at radius 1 is 1.44 bits per heavy atom. The molecule has 0 aliphatic carbocycles. The highest BCUT2D eigenvalue weighted by Crippen LogP contribution is 2.22. The van der Waals surface area contributed by atoms with Gasteiger partial charge >= 0.3 is 0 Å². The lowest BCUT2D eigenvalue weighted by Gasteiger charge is -2.32. The molecule has 1 saturated heterocycles. The zero-order chi connectivity index (χ0) is 17.8. The largest absolute Gasteiger partial charge is 0.356 e. The van der Waals surface area contributed by atoms with Crippen LogP contribution >= 0.6 is 0 Å². The van der Waals surface area contributed by atoms with Gasteiger partial charge in [-0.25, -0.2) is 4.98 Å². The van der Waals surface area contributed by atoms with Crippen LogP contribution in [0.25, 0.3) is 0 Å². The van der Waals surface area contributed by atoms with Crippen molar-refractivity contribution in [2.24, 2.45) is 13.0 Å². The van der Waals surface area contributed by atoms with Gasteiger partial charge in [0.15, 0.2) is 0 Å². The molecule has 1 aliphatic heterocycles. The van der Waals surface area contributed by atoms with Crippen LogP contribution in [0, 0.1) is 5.92 Å². The van der Waals surface area contributed by atoms with Gasteiger partial charge in [-0.1, -0.05) is 12.1 Å². The van der Waals surface area contributed by atoms with Gasteiger partial charge in [0.05, 0.1) is 6.54 Å². The number of carbonyl (C=O) groups is 1. The molecule has 0 spiro atoms. The van der Waals surface area contributed by atoms with Gasteiger partial charge < -0.3 is 9.80 Å². The Balaban J connectivity index is 1.75. The Morgan fingerprint density at radius 2 is 2.28 bits per heavy atom. The van der Waals surface area contributed by atoms with Crippen molar-refractivity contribution in [2.75, 3.05) is 24.5 Å². The first-order chi connectivity index (χ1) is 12.1. The first kappa shape index (κ1) is 17.4. The minimum Gasteiger partial charge on any atom is -0.356 e. The number of anilines is 1. The van der Waals surface area contributed by atoms with Crippen LogP contribution in [0.2, 0.25) is 0 Å². The standard InChI is InChI=1S/C18H26N6O/c1-4-23(13-16-12-22(3)21-20-16)18(25)15-7-8-19-17(10-15)24-9-5-6-14(2)11-24/h7-8,10,12,14H,4-6,9,11,13H2,1-3H3. The molecule has 0 bridgehead atoms. The lowest BCUT2D eigenvalue weighted by molar-refractivity contribution is 0.0750. The molecule has 1 fully saturated rings. The van der Waals surface area contributed by atoms with Crippen molar-refractivity contribution in [1.82, 2.24) is 24.9 Å². The van der Waals surface area contributed by atoms with Crippen LogP contribution < -0.4 is 4.90 Å². The first-order valence-electron chi connectivity index (χ1n) is 8.92. The fraction of sp³-hybridized carbons (Fsp3) is 0.556. The summed E-state index contributed by atoms with van der Waals surface area (Å²) < 4.78 is 1.65. The molecule has 3 rings (SSSR count). The van der Waals surface area contributed by atoms with E-state index in [-0.39, 0.29) is 5.91 Å². The smallest absolute Gasteiger partial charge is 0.254 e. The van der Waals surface area contributed by atoms with E-state index < -0.39 is 0 Å². The van der Waals surface area contributed by atoms with Gasteiger partial charge in [-0.2, -0.15) is 0 Å². The van der Waals surface area contributed by atoms with Crippen molar-refractivity contribution in [1.29, 1.82) is 0 Å². The van der Waals surface area contributed by atoms with Gasteiger partial charge in [0.1, 0.15) is 11.5 Å². The molecule has 1 amide bonds. The van der Waals surface area contributed by atoms with E-state index in [9.17, 15) is 4.79 Å². The van der Waals surface area contributed by atoms with Crippen molar-refractivity contribution in [3.05, 3.63) is 35.8 Å². The summed E-state index contributed by atoms with van der Waals surface area (Å²) >= 11 is 0. The van der Waals surface area contributed by atoms with Crippen LogP contribution in [0.15, 0.2) is 24.5 Å². The lowest BCUT2D eigenvalue weighted by atomic mass is 10.0. The number of hydrogen-bond acceptors (Lipinski definition) is 5. The number of nitrogens with zero attached hydrogens (tertiary/aromatic N) is 6. The van der Waals surface area contributed by atoms with Gasteiger partial charge in [-0.3, -0.25) is 9.48 Å². The predicted octanol–water partition coefficient (Wildman–Crippen LogP) is 2.11. The molecule has 0 radical (unpaired) electrons. The normalized spacial score (nSPS) is 17.6. The molecule has 7 heteroatoms. The summed E-state index contributed by atoms with van der Waals surface area (Å²) in [7, 11) is 1.82. The number of hydrogen-bond donors (Lipinski definition) is 0. The van der Waals surface area contributed by atoms with E-state index in [0.29, 0.717) is 24.6 Å². The van der Waals surface area contributed by atoms with Gasteiger partial charge in [0.25, 0.3) is 5.91 Å². The van der Waals surface area contributed by atoms with E-state index in [4.69, 9.17) is 0 Å². The van der Waals surface area contributed by atoms with E-state index in [1.54, 1.807) is 21.8 Å². The van der Waals surface area contributed by atoms with Gasteiger partial charge in [-0.15, -0.1) is 5.10 Å². The number of pyridine rings is 1. The van der Waals surface area contributed by atoms with Crippen molar-refractivity contribution >= 4 is 11.7 Å². The minimum atomic E-state index is 0.00172. The van der Waals surface area contributed by atoms with Crippen molar-refractivity contribution in [3.63, 3.8) is 0 Å². The van der Waals surface area contributed by atoms with Crippen molar-refractivity contribution in [2.45, 2.75) is 33.2 Å². The third kappa shape index (κ3) is 4.15. The van der Waals surface area contributed by atoms with E-state index >= 15 is 0 Å². The first-order valence-corrected chi connectivity index (χ1v) is 8.92. The Bertz CT molecular complexity index is 728. The lowest BCUT2D eigenvalue weighted by Crippen LogP contribution is -2.35. The number of aryl methyl sites for hydroxylation is 1. The second-order valence-electron chi connectivity index (χ2n) is 6.80. The molecule has 1 aliphatic rings. The van der Waals surface area contributed by atoms with Gasteiger partial charge in [0, 0.05) is 44.6 Å². The maximum atomic E-state index is 12.9. The number of piperidine rings is 1. The number of amides is 1. The highest BCUT2D eigenvalue weighted by Gasteiger charge is 2.20. The maximum absolute atomic E-state index is 12.9. The quantitative estimate of drug-likeness (QED) is 0.832. The third-order valence-electron chi connectivity index (χ3n) is 4.65. The monoisotopic (exact) mass is 342 g/mol. The molecule has 25 heavy (non-hydrogen) atoms. The van der Waals surface area contributed by atoms with E-state index in [1.807, 2.05) is 26.2 Å². The van der Waals surface area contributed by atoms with Crippen LogP contribution in [-0.2, 0) is 13.6 Å². The van der Waals surface area contributed by atoms with E-state index in [2.05, 4.69) is 27.1 Å². The Hall–Kier alpha value is -2.44. The molecule has 3 heterocycles. The van der Waals surface area contributed by atoms with Gasteiger partial charge in [0.2, 0.25) is 0 Å². The molecule has 134 valence electrons. The zero-order valence-corrected chi connectivity index (χ0v) is 15.2. The summed E-state index contributed by atoms with van der Waals surface area (Å²) in [5.41, 5.74) is 1.46. The van der Waals surface area contributed by atoms with E-state index in [0.717, 1.165) is 24.6 Å². The predicted molar refractivity (Wildman–Crippen MR) is 96.3 cm³/mol. The highest BCUT2D eigenvalue weighted by molar-refractivity contribution is 5.94. The zero-order valence-electron chi connectivity index (χ0n) is 15.2. The second kappa shape index (κ2) is 7.63. The number of aromatic nitrogens is 4. The van der Waals surface area contributed by atoms with Crippen LogP contribution in [0.4, 0.5) is 5.82 Å². The summed E-state index contributed by atoms with van der Waals surface area (Å²) in [6.07, 6.45) is 6.01. The Morgan fingerprint density at radius 3 is 2.96 bits per heavy atom. The van der Waals surface area contributed by atoms with Crippen molar-refractivity contribution < 1.29 is 4.79 Å². The van der Waals surface area contributed by atoms with Crippen LogP contribution in [-0.4, -0.2) is 50.4 Å². The molecule has 2 aromatic rings. The summed E-state index contributed by atoms with van der Waals surface area (Å²) in [4.78, 5) is 21.5. The molecular weight excluding hydrogens is 316 g/mol. The maximum Gasteiger partial charge on any atom is 0.254 e. The Kier molecular flexibility index (Phi) is 5.31. The fourth-order valence-electron chi connectivity index (χ4n) is 3.29.